The molecule has 0 heterocycles. The van der Waals surface area contributed by atoms with E-state index in [0.29, 0.717) is 12.5 Å². The molecular weight excluding hydrogens is 216 g/mol. The van der Waals surface area contributed by atoms with Crippen LogP contribution < -0.4 is 5.32 Å². The van der Waals surface area contributed by atoms with Crippen LogP contribution in [-0.4, -0.2) is 37.4 Å². The van der Waals surface area contributed by atoms with E-state index in [1.807, 2.05) is 0 Å². The normalized spacial score (nSPS) is 10.2. The van der Waals surface area contributed by atoms with E-state index in [9.17, 15) is 14.9 Å². The molecule has 0 saturated heterocycles. The maximum atomic E-state index is 11.1. The molecule has 16 heavy (non-hydrogen) atoms. The van der Waals surface area contributed by atoms with E-state index >= 15 is 0 Å². The second kappa shape index (κ2) is 8.90. The van der Waals surface area contributed by atoms with Crippen molar-refractivity contribution in [1.29, 1.82) is 0 Å². The predicted octanol–water partition coefficient (Wildman–Crippen LogP) is 0.374. The number of hydrogen-bond donors (Lipinski definition) is 1. The van der Waals surface area contributed by atoms with Gasteiger partial charge in [-0.1, -0.05) is 13.8 Å². The molecule has 0 unspecified atom stereocenters. The highest BCUT2D eigenvalue weighted by atomic mass is 17.0. The molecule has 0 aromatic rings. The third-order valence-corrected chi connectivity index (χ3v) is 1.70. The van der Waals surface area contributed by atoms with E-state index in [1.165, 1.54) is 0 Å². The van der Waals surface area contributed by atoms with Crippen molar-refractivity contribution in [2.75, 3.05) is 26.4 Å². The van der Waals surface area contributed by atoms with Gasteiger partial charge in [0.15, 0.2) is 0 Å². The summed E-state index contributed by atoms with van der Waals surface area (Å²) < 4.78 is 4.86. The first-order valence-corrected chi connectivity index (χ1v) is 5.14. The average molecular weight is 234 g/mol. The number of carbonyl (C=O) groups excluding carboxylic acids is 1. The minimum absolute atomic E-state index is 0.0264. The van der Waals surface area contributed by atoms with Crippen LogP contribution in [0.5, 0.6) is 0 Å². The molecule has 0 radical (unpaired) electrons. The minimum atomic E-state index is -0.897. The van der Waals surface area contributed by atoms with Crippen molar-refractivity contribution in [3.63, 3.8) is 0 Å². The third-order valence-electron chi connectivity index (χ3n) is 1.70. The largest absolute Gasteiger partial charge is 0.370 e. The Balaban J connectivity index is 3.27. The predicted molar refractivity (Wildman–Crippen MR) is 56.2 cm³/mol. The monoisotopic (exact) mass is 234 g/mol. The molecule has 1 amide bonds. The molecule has 0 aromatic heterocycles. The standard InChI is InChI=1S/C9H18N2O5/c1-8(2)3-4-10-9(12)7-15-5-6-16-11(13)14/h8H,3-7H2,1-2H3,(H,10,12). The van der Waals surface area contributed by atoms with Crippen LogP contribution in [0.1, 0.15) is 20.3 Å². The van der Waals surface area contributed by atoms with Gasteiger partial charge >= 0.3 is 0 Å². The Morgan fingerprint density at radius 1 is 1.44 bits per heavy atom. The highest BCUT2D eigenvalue weighted by Gasteiger charge is 2.02. The molecule has 94 valence electrons. The lowest BCUT2D eigenvalue weighted by Gasteiger charge is -2.07. The quantitative estimate of drug-likeness (QED) is 0.353. The van der Waals surface area contributed by atoms with Gasteiger partial charge in [-0.25, -0.2) is 0 Å². The van der Waals surface area contributed by atoms with Gasteiger partial charge in [-0.05, 0) is 12.3 Å². The zero-order valence-corrected chi connectivity index (χ0v) is 9.60. The summed E-state index contributed by atoms with van der Waals surface area (Å²) >= 11 is 0. The van der Waals surface area contributed by atoms with Crippen LogP contribution in [0.3, 0.4) is 0 Å². The minimum Gasteiger partial charge on any atom is -0.370 e. The number of rotatable bonds is 9. The van der Waals surface area contributed by atoms with Gasteiger partial charge < -0.3 is 14.9 Å². The molecule has 0 aliphatic rings. The lowest BCUT2D eigenvalue weighted by atomic mass is 10.1. The van der Waals surface area contributed by atoms with Crippen molar-refractivity contribution in [1.82, 2.24) is 5.32 Å². The first kappa shape index (κ1) is 14.6. The maximum absolute atomic E-state index is 11.1. The van der Waals surface area contributed by atoms with E-state index in [1.54, 1.807) is 0 Å². The average Bonchev–Trinajstić information content (AvgIpc) is 2.16. The Labute approximate surface area is 94.2 Å². The summed E-state index contributed by atoms with van der Waals surface area (Å²) in [6.45, 7) is 4.52. The molecule has 7 heteroatoms. The topological polar surface area (TPSA) is 90.7 Å². The molecule has 0 aliphatic carbocycles. The number of ether oxygens (including phenoxy) is 1. The van der Waals surface area contributed by atoms with Crippen LogP contribution in [0, 0.1) is 16.0 Å². The fraction of sp³-hybridized carbons (Fsp3) is 0.889. The second-order valence-electron chi connectivity index (χ2n) is 3.64. The summed E-state index contributed by atoms with van der Waals surface area (Å²) in [4.78, 5) is 24.9. The lowest BCUT2D eigenvalue weighted by molar-refractivity contribution is -0.758. The molecular formula is C9H18N2O5. The fourth-order valence-corrected chi connectivity index (χ4v) is 0.887. The van der Waals surface area contributed by atoms with Crippen LogP contribution >= 0.6 is 0 Å². The van der Waals surface area contributed by atoms with Crippen LogP contribution in [0.15, 0.2) is 0 Å². The number of amides is 1. The summed E-state index contributed by atoms with van der Waals surface area (Å²) in [5, 5.41) is 11.5. The van der Waals surface area contributed by atoms with Crippen LogP contribution in [0.2, 0.25) is 0 Å². The molecule has 1 N–H and O–H groups in total. The molecule has 0 fully saturated rings. The van der Waals surface area contributed by atoms with Gasteiger partial charge in [0.05, 0.1) is 6.61 Å². The number of hydrogen-bond acceptors (Lipinski definition) is 5. The van der Waals surface area contributed by atoms with Crippen molar-refractivity contribution >= 4 is 5.91 Å². The number of carbonyl (C=O) groups is 1. The summed E-state index contributed by atoms with van der Waals surface area (Å²) in [6, 6.07) is 0. The molecule has 0 spiro atoms. The summed E-state index contributed by atoms with van der Waals surface area (Å²) in [6.07, 6.45) is 0.913. The molecule has 0 bridgehead atoms. The van der Waals surface area contributed by atoms with Gasteiger partial charge in [-0.3, -0.25) is 4.79 Å². The summed E-state index contributed by atoms with van der Waals surface area (Å²) in [5.41, 5.74) is 0. The molecule has 0 aromatic carbocycles. The van der Waals surface area contributed by atoms with Gasteiger partial charge in [0.25, 0.3) is 5.09 Å². The first-order valence-electron chi connectivity index (χ1n) is 5.14. The second-order valence-corrected chi connectivity index (χ2v) is 3.64. The Morgan fingerprint density at radius 3 is 2.69 bits per heavy atom. The van der Waals surface area contributed by atoms with Crippen molar-refractivity contribution in [2.24, 2.45) is 5.92 Å². The van der Waals surface area contributed by atoms with Gasteiger partial charge in [-0.15, -0.1) is 10.1 Å². The molecule has 0 rings (SSSR count). The summed E-state index contributed by atoms with van der Waals surface area (Å²) in [5.74, 6) is 0.316. The van der Waals surface area contributed by atoms with E-state index in [-0.39, 0.29) is 25.7 Å². The van der Waals surface area contributed by atoms with Crippen molar-refractivity contribution in [3.05, 3.63) is 10.1 Å². The zero-order chi connectivity index (χ0) is 12.4. The van der Waals surface area contributed by atoms with E-state index < -0.39 is 5.09 Å². The summed E-state index contributed by atoms with van der Waals surface area (Å²) in [7, 11) is 0. The smallest absolute Gasteiger partial charge is 0.294 e. The van der Waals surface area contributed by atoms with E-state index in [0.717, 1.165) is 6.42 Å². The van der Waals surface area contributed by atoms with Crippen molar-refractivity contribution < 1.29 is 19.5 Å². The molecule has 7 nitrogen and oxygen atoms in total. The van der Waals surface area contributed by atoms with Gasteiger partial charge in [-0.2, -0.15) is 0 Å². The van der Waals surface area contributed by atoms with Crippen molar-refractivity contribution in [3.8, 4) is 0 Å². The van der Waals surface area contributed by atoms with Gasteiger partial charge in [0, 0.05) is 6.54 Å². The van der Waals surface area contributed by atoms with Crippen LogP contribution in [0.25, 0.3) is 0 Å². The Bertz CT molecular complexity index is 220. The highest BCUT2D eigenvalue weighted by Crippen LogP contribution is 1.95. The zero-order valence-electron chi connectivity index (χ0n) is 9.60. The Hall–Kier alpha value is -1.37. The lowest BCUT2D eigenvalue weighted by Crippen LogP contribution is -2.29. The third kappa shape index (κ3) is 10.7. The van der Waals surface area contributed by atoms with E-state index in [2.05, 4.69) is 24.0 Å². The number of nitrogens with one attached hydrogen (secondary N) is 1. The SMILES string of the molecule is CC(C)CCNC(=O)COCCO[N+](=O)[O-]. The van der Waals surface area contributed by atoms with Gasteiger partial charge in [0.2, 0.25) is 5.91 Å². The molecule has 0 atom stereocenters. The Kier molecular flexibility index (Phi) is 8.14. The maximum Gasteiger partial charge on any atom is 0.294 e. The van der Waals surface area contributed by atoms with E-state index in [4.69, 9.17) is 4.74 Å². The fourth-order valence-electron chi connectivity index (χ4n) is 0.887. The molecule has 0 aliphatic heterocycles. The van der Waals surface area contributed by atoms with Crippen molar-refractivity contribution in [2.45, 2.75) is 20.3 Å². The first-order chi connectivity index (χ1) is 7.52. The van der Waals surface area contributed by atoms with Crippen LogP contribution in [0.4, 0.5) is 0 Å². The number of nitrogens with zero attached hydrogens (tertiary/aromatic N) is 1. The Morgan fingerprint density at radius 2 is 2.12 bits per heavy atom. The molecule has 0 saturated carbocycles. The van der Waals surface area contributed by atoms with Crippen LogP contribution in [-0.2, 0) is 14.4 Å². The van der Waals surface area contributed by atoms with Gasteiger partial charge in [0.1, 0.15) is 13.2 Å². The highest BCUT2D eigenvalue weighted by molar-refractivity contribution is 5.77.